The first-order valence-corrected chi connectivity index (χ1v) is 6.60. The summed E-state index contributed by atoms with van der Waals surface area (Å²) in [5.41, 5.74) is 0.529. The summed E-state index contributed by atoms with van der Waals surface area (Å²) in [7, 11) is 1.93. The van der Waals surface area contributed by atoms with Crippen molar-refractivity contribution in [2.45, 2.75) is 32.7 Å². The molecule has 0 fully saturated rings. The predicted octanol–water partition coefficient (Wildman–Crippen LogP) is 2.95. The second kappa shape index (κ2) is 5.07. The number of anilines is 1. The average molecular weight is 273 g/mol. The first kappa shape index (κ1) is 14.2. The number of rotatable bonds is 4. The number of aromatic carboxylic acids is 1. The number of carboxylic acids is 1. The van der Waals surface area contributed by atoms with Crippen molar-refractivity contribution in [3.63, 3.8) is 0 Å². The Kier molecular flexibility index (Phi) is 3.61. The topological polar surface area (TPSA) is 66.3 Å². The van der Waals surface area contributed by atoms with Crippen LogP contribution in [0.25, 0.3) is 10.9 Å². The molecule has 1 heterocycles. The van der Waals surface area contributed by atoms with Gasteiger partial charge in [-0.2, -0.15) is 0 Å². The van der Waals surface area contributed by atoms with E-state index in [1.165, 1.54) is 0 Å². The zero-order valence-electron chi connectivity index (χ0n) is 12.2. The lowest BCUT2D eigenvalue weighted by atomic mass is 9.99. The van der Waals surface area contributed by atoms with Crippen molar-refractivity contribution in [2.24, 2.45) is 0 Å². The van der Waals surface area contributed by atoms with Gasteiger partial charge in [0.05, 0.1) is 5.52 Å². The fourth-order valence-corrected chi connectivity index (χ4v) is 1.94. The predicted molar refractivity (Wildman–Crippen MR) is 79.3 cm³/mol. The molecule has 0 saturated carbocycles. The number of nitrogens with zero attached hydrogens (tertiary/aromatic N) is 3. The van der Waals surface area contributed by atoms with E-state index in [-0.39, 0.29) is 11.4 Å². The Hall–Kier alpha value is -2.17. The Labute approximate surface area is 118 Å². The van der Waals surface area contributed by atoms with Gasteiger partial charge in [-0.15, -0.1) is 0 Å². The highest BCUT2D eigenvalue weighted by Gasteiger charge is 2.25. The molecule has 0 bridgehead atoms. The highest BCUT2D eigenvalue weighted by molar-refractivity contribution is 5.94. The van der Waals surface area contributed by atoms with Gasteiger partial charge < -0.3 is 10.0 Å². The van der Waals surface area contributed by atoms with E-state index in [4.69, 9.17) is 5.11 Å². The molecule has 0 atom stereocenters. The Morgan fingerprint density at radius 2 is 1.95 bits per heavy atom. The number of carboxylic acid groups (broad SMARTS) is 1. The summed E-state index contributed by atoms with van der Waals surface area (Å²) in [4.78, 5) is 21.5. The van der Waals surface area contributed by atoms with E-state index in [0.29, 0.717) is 11.3 Å². The van der Waals surface area contributed by atoms with Crippen LogP contribution in [0.1, 0.15) is 37.8 Å². The van der Waals surface area contributed by atoms with E-state index in [1.54, 1.807) is 6.07 Å². The number of aromatic nitrogens is 2. The molecular weight excluding hydrogens is 254 g/mol. The fourth-order valence-electron chi connectivity index (χ4n) is 1.94. The van der Waals surface area contributed by atoms with Crippen LogP contribution in [-0.2, 0) is 0 Å². The summed E-state index contributed by atoms with van der Waals surface area (Å²) >= 11 is 0. The maximum Gasteiger partial charge on any atom is 0.374 e. The monoisotopic (exact) mass is 273 g/mol. The molecule has 0 amide bonds. The van der Waals surface area contributed by atoms with Gasteiger partial charge in [-0.25, -0.2) is 14.8 Å². The van der Waals surface area contributed by atoms with Crippen molar-refractivity contribution < 1.29 is 9.90 Å². The fraction of sp³-hybridized carbons (Fsp3) is 0.400. The molecule has 2 aromatic rings. The Bertz CT molecular complexity index is 653. The zero-order chi connectivity index (χ0) is 14.9. The van der Waals surface area contributed by atoms with Gasteiger partial charge in [-0.3, -0.25) is 0 Å². The standard InChI is InChI=1S/C15H19N3O2/c1-5-15(2,3)18(4)13-10-8-6-7-9-11(10)16-12(17-13)14(19)20/h6-9H,5H2,1-4H3,(H,19,20). The van der Waals surface area contributed by atoms with Crippen molar-refractivity contribution in [2.75, 3.05) is 11.9 Å². The Morgan fingerprint density at radius 1 is 1.30 bits per heavy atom. The summed E-state index contributed by atoms with van der Waals surface area (Å²) < 4.78 is 0. The molecule has 0 saturated heterocycles. The molecule has 5 nitrogen and oxygen atoms in total. The highest BCUT2D eigenvalue weighted by Crippen LogP contribution is 2.29. The molecule has 0 radical (unpaired) electrons. The number of hydrogen-bond donors (Lipinski definition) is 1. The third-order valence-electron chi connectivity index (χ3n) is 3.87. The molecule has 20 heavy (non-hydrogen) atoms. The number of hydrogen-bond acceptors (Lipinski definition) is 4. The quantitative estimate of drug-likeness (QED) is 0.927. The number of carbonyl (C=O) groups is 1. The van der Waals surface area contributed by atoms with Gasteiger partial charge in [-0.05, 0) is 32.4 Å². The van der Waals surface area contributed by atoms with E-state index < -0.39 is 5.97 Å². The van der Waals surface area contributed by atoms with Crippen LogP contribution in [-0.4, -0.2) is 33.6 Å². The lowest BCUT2D eigenvalue weighted by molar-refractivity contribution is 0.0684. The molecule has 0 spiro atoms. The molecule has 5 heteroatoms. The van der Waals surface area contributed by atoms with Crippen LogP contribution in [0.15, 0.2) is 24.3 Å². The Balaban J connectivity index is 2.70. The Morgan fingerprint density at radius 3 is 2.55 bits per heavy atom. The number of fused-ring (bicyclic) bond motifs is 1. The minimum Gasteiger partial charge on any atom is -0.475 e. The minimum absolute atomic E-state index is 0.118. The third kappa shape index (κ3) is 2.43. The maximum absolute atomic E-state index is 11.2. The lowest BCUT2D eigenvalue weighted by Gasteiger charge is -2.36. The van der Waals surface area contributed by atoms with Crippen LogP contribution >= 0.6 is 0 Å². The van der Waals surface area contributed by atoms with Gasteiger partial charge in [0.1, 0.15) is 5.82 Å². The molecule has 0 unspecified atom stereocenters. The van der Waals surface area contributed by atoms with Crippen molar-refractivity contribution >= 4 is 22.7 Å². The van der Waals surface area contributed by atoms with E-state index in [0.717, 1.165) is 11.8 Å². The summed E-state index contributed by atoms with van der Waals surface area (Å²) in [5.74, 6) is -0.628. The SMILES string of the molecule is CCC(C)(C)N(C)c1nc(C(=O)O)nc2ccccc12. The van der Waals surface area contributed by atoms with Gasteiger partial charge >= 0.3 is 5.97 Å². The second-order valence-electron chi connectivity index (χ2n) is 5.42. The van der Waals surface area contributed by atoms with Crippen LogP contribution in [0.2, 0.25) is 0 Å². The number of para-hydroxylation sites is 1. The van der Waals surface area contributed by atoms with Crippen molar-refractivity contribution in [3.8, 4) is 0 Å². The van der Waals surface area contributed by atoms with Crippen LogP contribution < -0.4 is 4.90 Å². The molecule has 1 aromatic heterocycles. The van der Waals surface area contributed by atoms with E-state index in [2.05, 4.69) is 30.7 Å². The number of benzene rings is 1. The van der Waals surface area contributed by atoms with Gasteiger partial charge in [-0.1, -0.05) is 19.1 Å². The zero-order valence-corrected chi connectivity index (χ0v) is 12.2. The van der Waals surface area contributed by atoms with Gasteiger partial charge in [0.2, 0.25) is 5.82 Å². The summed E-state index contributed by atoms with van der Waals surface area (Å²) in [6.07, 6.45) is 0.921. The van der Waals surface area contributed by atoms with Crippen molar-refractivity contribution in [3.05, 3.63) is 30.1 Å². The largest absolute Gasteiger partial charge is 0.475 e. The molecule has 106 valence electrons. The average Bonchev–Trinajstić information content (AvgIpc) is 2.45. The van der Waals surface area contributed by atoms with Crippen LogP contribution in [0.3, 0.4) is 0 Å². The molecule has 0 aliphatic carbocycles. The van der Waals surface area contributed by atoms with E-state index in [1.807, 2.05) is 30.1 Å². The third-order valence-corrected chi connectivity index (χ3v) is 3.87. The second-order valence-corrected chi connectivity index (χ2v) is 5.42. The van der Waals surface area contributed by atoms with Crippen LogP contribution in [0.4, 0.5) is 5.82 Å². The smallest absolute Gasteiger partial charge is 0.374 e. The highest BCUT2D eigenvalue weighted by atomic mass is 16.4. The van der Waals surface area contributed by atoms with Gasteiger partial charge in [0.15, 0.2) is 0 Å². The summed E-state index contributed by atoms with van der Waals surface area (Å²) in [6, 6.07) is 7.47. The molecule has 1 N–H and O–H groups in total. The molecular formula is C15H19N3O2. The molecule has 1 aromatic carbocycles. The van der Waals surface area contributed by atoms with Gasteiger partial charge in [0.25, 0.3) is 0 Å². The van der Waals surface area contributed by atoms with Crippen LogP contribution in [0.5, 0.6) is 0 Å². The van der Waals surface area contributed by atoms with E-state index >= 15 is 0 Å². The maximum atomic E-state index is 11.2. The molecule has 0 aliphatic rings. The molecule has 2 rings (SSSR count). The summed E-state index contributed by atoms with van der Waals surface area (Å²) in [5, 5.41) is 10.0. The lowest BCUT2D eigenvalue weighted by Crippen LogP contribution is -2.41. The van der Waals surface area contributed by atoms with Gasteiger partial charge in [0, 0.05) is 18.0 Å². The van der Waals surface area contributed by atoms with Crippen molar-refractivity contribution in [1.82, 2.24) is 9.97 Å². The van der Waals surface area contributed by atoms with E-state index in [9.17, 15) is 4.79 Å². The first-order chi connectivity index (χ1) is 9.36. The van der Waals surface area contributed by atoms with Crippen LogP contribution in [0, 0.1) is 0 Å². The minimum atomic E-state index is -1.11. The molecule has 0 aliphatic heterocycles. The summed E-state index contributed by atoms with van der Waals surface area (Å²) in [6.45, 7) is 6.30. The van der Waals surface area contributed by atoms with Crippen molar-refractivity contribution in [1.29, 1.82) is 0 Å². The first-order valence-electron chi connectivity index (χ1n) is 6.60. The normalized spacial score (nSPS) is 11.6.